The van der Waals surface area contributed by atoms with Gasteiger partial charge in [-0.05, 0) is 38.0 Å². The molecule has 21 heavy (non-hydrogen) atoms. The maximum atomic E-state index is 12.4. The summed E-state index contributed by atoms with van der Waals surface area (Å²) in [4.78, 5) is 26.1. The quantitative estimate of drug-likeness (QED) is 0.818. The Labute approximate surface area is 128 Å². The van der Waals surface area contributed by atoms with Crippen LogP contribution < -0.4 is 4.90 Å². The summed E-state index contributed by atoms with van der Waals surface area (Å²) in [5, 5.41) is 8.97. The van der Waals surface area contributed by atoms with Gasteiger partial charge >= 0.3 is 5.97 Å². The molecule has 1 aromatic carbocycles. The Hall–Kier alpha value is -1.53. The van der Waals surface area contributed by atoms with Gasteiger partial charge in [-0.25, -0.2) is 4.79 Å². The van der Waals surface area contributed by atoms with E-state index < -0.39 is 5.97 Å². The lowest BCUT2D eigenvalue weighted by Gasteiger charge is -2.32. The molecule has 5 nitrogen and oxygen atoms in total. The predicted molar refractivity (Wildman–Crippen MR) is 82.2 cm³/mol. The van der Waals surface area contributed by atoms with Crippen LogP contribution in [0.4, 0.5) is 5.69 Å². The van der Waals surface area contributed by atoms with Gasteiger partial charge in [-0.15, -0.1) is 11.8 Å². The van der Waals surface area contributed by atoms with E-state index >= 15 is 0 Å². The molecule has 1 N–H and O–H groups in total. The van der Waals surface area contributed by atoms with Crippen LogP contribution in [0.2, 0.25) is 0 Å². The number of rotatable bonds is 6. The number of carboxylic acids is 1. The molecule has 0 bridgehead atoms. The molecule has 114 valence electrons. The fourth-order valence-electron chi connectivity index (χ4n) is 2.29. The first kappa shape index (κ1) is 15.9. The molecule has 1 atom stereocenters. The lowest BCUT2D eigenvalue weighted by Crippen LogP contribution is -2.40. The molecule has 0 aliphatic carbocycles. The summed E-state index contributed by atoms with van der Waals surface area (Å²) in [5.41, 5.74) is 0.916. The molecule has 1 amide bonds. The van der Waals surface area contributed by atoms with Crippen molar-refractivity contribution in [1.29, 1.82) is 0 Å². The summed E-state index contributed by atoms with van der Waals surface area (Å²) in [6.07, 6.45) is 1.70. The van der Waals surface area contributed by atoms with E-state index in [0.717, 1.165) is 17.7 Å². The molecule has 0 radical (unpaired) electrons. The highest BCUT2D eigenvalue weighted by Gasteiger charge is 2.30. The number of carboxylic acid groups (broad SMARTS) is 1. The van der Waals surface area contributed by atoms with E-state index in [9.17, 15) is 9.59 Å². The van der Waals surface area contributed by atoms with Crippen molar-refractivity contribution >= 4 is 29.3 Å². The second-order valence-electron chi connectivity index (χ2n) is 4.94. The first-order valence-corrected chi connectivity index (χ1v) is 7.77. The van der Waals surface area contributed by atoms with E-state index in [1.54, 1.807) is 30.2 Å². The van der Waals surface area contributed by atoms with Gasteiger partial charge < -0.3 is 14.7 Å². The highest BCUT2D eigenvalue weighted by Crippen LogP contribution is 2.39. The first-order valence-electron chi connectivity index (χ1n) is 6.89. The van der Waals surface area contributed by atoms with Crippen LogP contribution in [0.5, 0.6) is 0 Å². The van der Waals surface area contributed by atoms with Gasteiger partial charge in [0.25, 0.3) is 0 Å². The number of benzene rings is 1. The molecule has 1 aromatic rings. The van der Waals surface area contributed by atoms with Crippen LogP contribution in [0.25, 0.3) is 0 Å². The number of methoxy groups -OCH3 is 1. The number of ether oxygens (including phenoxy) is 1. The van der Waals surface area contributed by atoms with Crippen molar-refractivity contribution in [3.8, 4) is 0 Å². The van der Waals surface area contributed by atoms with Crippen molar-refractivity contribution < 1.29 is 19.4 Å². The van der Waals surface area contributed by atoms with E-state index in [1.807, 2.05) is 6.92 Å². The molecule has 6 heteroatoms. The van der Waals surface area contributed by atoms with E-state index in [1.165, 1.54) is 11.8 Å². The lowest BCUT2D eigenvalue weighted by atomic mass is 10.1. The second kappa shape index (κ2) is 6.95. The zero-order chi connectivity index (χ0) is 15.4. The number of unbranched alkanes of at least 4 members (excludes halogenated alkanes) is 1. The van der Waals surface area contributed by atoms with Crippen molar-refractivity contribution in [3.05, 3.63) is 23.8 Å². The fourth-order valence-corrected chi connectivity index (χ4v) is 3.33. The average molecular weight is 309 g/mol. The Morgan fingerprint density at radius 3 is 2.86 bits per heavy atom. The number of aromatic carboxylic acids is 1. The number of amides is 1. The molecule has 1 aliphatic heterocycles. The Morgan fingerprint density at radius 2 is 2.19 bits per heavy atom. The fraction of sp³-hybridized carbons (Fsp3) is 0.467. The average Bonchev–Trinajstić information content (AvgIpc) is 2.46. The van der Waals surface area contributed by atoms with Crippen LogP contribution in [0.3, 0.4) is 0 Å². The highest BCUT2D eigenvalue weighted by molar-refractivity contribution is 8.00. The SMILES string of the molecule is COCCCCN1C(=O)[C@@H](C)Sc2ccc(C(=O)O)cc21. The van der Waals surface area contributed by atoms with Crippen molar-refractivity contribution in [3.63, 3.8) is 0 Å². The van der Waals surface area contributed by atoms with Crippen LogP contribution >= 0.6 is 11.8 Å². The molecular formula is C15H19NO4S. The molecule has 0 saturated carbocycles. The minimum Gasteiger partial charge on any atom is -0.478 e. The number of anilines is 1. The summed E-state index contributed by atoms with van der Waals surface area (Å²) in [7, 11) is 1.65. The van der Waals surface area contributed by atoms with Gasteiger partial charge in [0.15, 0.2) is 0 Å². The van der Waals surface area contributed by atoms with E-state index in [2.05, 4.69) is 0 Å². The number of carbonyl (C=O) groups excluding carboxylic acids is 1. The predicted octanol–water partition coefficient (Wildman–Crippen LogP) is 2.64. The van der Waals surface area contributed by atoms with Gasteiger partial charge in [-0.1, -0.05) is 0 Å². The van der Waals surface area contributed by atoms with E-state index in [4.69, 9.17) is 9.84 Å². The van der Waals surface area contributed by atoms with Crippen molar-refractivity contribution in [2.45, 2.75) is 29.9 Å². The van der Waals surface area contributed by atoms with Gasteiger partial charge in [0.05, 0.1) is 16.5 Å². The van der Waals surface area contributed by atoms with Gasteiger partial charge in [-0.2, -0.15) is 0 Å². The topological polar surface area (TPSA) is 66.8 Å². The summed E-state index contributed by atoms with van der Waals surface area (Å²) in [6.45, 7) is 3.13. The molecule has 0 saturated heterocycles. The Kier molecular flexibility index (Phi) is 5.25. The zero-order valence-corrected chi connectivity index (χ0v) is 13.0. The molecule has 1 heterocycles. The van der Waals surface area contributed by atoms with Gasteiger partial charge in [0.2, 0.25) is 5.91 Å². The molecule has 0 unspecified atom stereocenters. The van der Waals surface area contributed by atoms with Crippen LogP contribution in [0.15, 0.2) is 23.1 Å². The molecular weight excluding hydrogens is 290 g/mol. The number of hydrogen-bond donors (Lipinski definition) is 1. The van der Waals surface area contributed by atoms with Gasteiger partial charge in [0.1, 0.15) is 0 Å². The number of hydrogen-bond acceptors (Lipinski definition) is 4. The minimum absolute atomic E-state index is 0.0347. The maximum Gasteiger partial charge on any atom is 0.335 e. The second-order valence-corrected chi connectivity index (χ2v) is 6.32. The van der Waals surface area contributed by atoms with Gasteiger partial charge in [0, 0.05) is 25.2 Å². The van der Waals surface area contributed by atoms with Crippen LogP contribution in [-0.4, -0.2) is 42.5 Å². The maximum absolute atomic E-state index is 12.4. The Morgan fingerprint density at radius 1 is 1.43 bits per heavy atom. The molecule has 0 spiro atoms. The summed E-state index contributed by atoms with van der Waals surface area (Å²) >= 11 is 1.48. The van der Waals surface area contributed by atoms with E-state index in [0.29, 0.717) is 18.8 Å². The molecule has 0 aromatic heterocycles. The van der Waals surface area contributed by atoms with Crippen LogP contribution in [0.1, 0.15) is 30.1 Å². The molecule has 0 fully saturated rings. The standard InChI is InChI=1S/C15H19NO4S/c1-10-14(17)16(7-3-4-8-20-2)12-9-11(15(18)19)5-6-13(12)21-10/h5-6,9-10H,3-4,7-8H2,1-2H3,(H,18,19)/t10-/m1/s1. The number of thioether (sulfide) groups is 1. The Balaban J connectivity index is 2.24. The summed E-state index contributed by atoms with van der Waals surface area (Å²) < 4.78 is 5.01. The van der Waals surface area contributed by atoms with Crippen LogP contribution in [-0.2, 0) is 9.53 Å². The normalized spacial score (nSPS) is 17.7. The third-order valence-electron chi connectivity index (χ3n) is 3.39. The third kappa shape index (κ3) is 3.57. The van der Waals surface area contributed by atoms with Crippen molar-refractivity contribution in [2.24, 2.45) is 0 Å². The number of carbonyl (C=O) groups is 2. The number of nitrogens with zero attached hydrogens (tertiary/aromatic N) is 1. The first-order chi connectivity index (χ1) is 10.0. The lowest BCUT2D eigenvalue weighted by molar-refractivity contribution is -0.118. The largest absolute Gasteiger partial charge is 0.478 e. The summed E-state index contributed by atoms with van der Waals surface area (Å²) in [5.74, 6) is -0.944. The molecule has 1 aliphatic rings. The zero-order valence-electron chi connectivity index (χ0n) is 12.2. The monoisotopic (exact) mass is 309 g/mol. The number of fused-ring (bicyclic) bond motifs is 1. The van der Waals surface area contributed by atoms with Crippen molar-refractivity contribution in [2.75, 3.05) is 25.2 Å². The summed E-state index contributed by atoms with van der Waals surface area (Å²) in [6, 6.07) is 4.96. The van der Waals surface area contributed by atoms with Crippen LogP contribution in [0, 0.1) is 0 Å². The van der Waals surface area contributed by atoms with Gasteiger partial charge in [-0.3, -0.25) is 4.79 Å². The third-order valence-corrected chi connectivity index (χ3v) is 4.55. The smallest absolute Gasteiger partial charge is 0.335 e. The minimum atomic E-state index is -0.979. The Bertz CT molecular complexity index is 546. The van der Waals surface area contributed by atoms with Crippen molar-refractivity contribution in [1.82, 2.24) is 0 Å². The highest BCUT2D eigenvalue weighted by atomic mass is 32.2. The molecule has 2 rings (SSSR count). The van der Waals surface area contributed by atoms with E-state index in [-0.39, 0.29) is 16.7 Å².